The summed E-state index contributed by atoms with van der Waals surface area (Å²) in [5.41, 5.74) is -1.33. The predicted octanol–water partition coefficient (Wildman–Crippen LogP) is 2.59. The molecule has 3 saturated heterocycles. The molecule has 0 radical (unpaired) electrons. The van der Waals surface area contributed by atoms with Gasteiger partial charge in [-0.2, -0.15) is 0 Å². The third-order valence-corrected chi connectivity index (χ3v) is 8.07. The minimum Gasteiger partial charge on any atom is -0.396 e. The summed E-state index contributed by atoms with van der Waals surface area (Å²) in [6.07, 6.45) is 2.37. The second-order valence-electron chi connectivity index (χ2n) is 9.95. The average molecular weight is 492 g/mol. The molecule has 3 heterocycles. The van der Waals surface area contributed by atoms with Gasteiger partial charge in [0.1, 0.15) is 11.6 Å². The van der Waals surface area contributed by atoms with Gasteiger partial charge in [0, 0.05) is 30.4 Å². The highest BCUT2D eigenvalue weighted by Crippen LogP contribution is 2.65. The highest BCUT2D eigenvalue weighted by atomic mass is 35.5. The number of amides is 3. The molecule has 0 aliphatic carbocycles. The zero-order chi connectivity index (χ0) is 24.7. The van der Waals surface area contributed by atoms with Crippen LogP contribution < -0.4 is 10.6 Å². The topological polar surface area (TPSA) is 108 Å². The van der Waals surface area contributed by atoms with Crippen LogP contribution in [0.5, 0.6) is 0 Å². The Morgan fingerprint density at radius 1 is 1.24 bits per heavy atom. The van der Waals surface area contributed by atoms with Gasteiger partial charge in [-0.1, -0.05) is 25.4 Å². The lowest BCUT2D eigenvalue weighted by molar-refractivity contribution is -0.146. The molecule has 3 N–H and O–H groups in total. The van der Waals surface area contributed by atoms with Gasteiger partial charge in [-0.15, -0.1) is 0 Å². The Kier molecular flexibility index (Phi) is 6.95. The minimum atomic E-state index is -1.07. The Labute approximate surface area is 205 Å². The number of unbranched alkanes of at least 4 members (excludes halogenated alkanes) is 1. The van der Waals surface area contributed by atoms with Crippen molar-refractivity contribution in [1.82, 2.24) is 10.2 Å². The standard InChI is InChI=1S/C25H34ClN3O5/c1-4-11-27-21(31)18-19-23(33)29(12-5-6-13-30)20(25(19)14-15(2)24(18,3)34-25)22(32)28-17-9-7-16(26)8-10-17/h7-10,15,18-20,30H,4-6,11-14H2,1-3H3,(H,27,31)(H,28,32)/t15?,18-,19+,20?,24+,25?/m1/s1. The van der Waals surface area contributed by atoms with Crippen LogP contribution in [0.25, 0.3) is 0 Å². The Balaban J connectivity index is 1.71. The van der Waals surface area contributed by atoms with E-state index in [0.29, 0.717) is 43.1 Å². The molecule has 4 rings (SSSR count). The SMILES string of the molecule is CCCNC(=O)[C@H]1[C@H]2C(=O)N(CCCCO)C(C(=O)Nc3ccc(Cl)cc3)C23CC(C)[C@]1(C)O3. The van der Waals surface area contributed by atoms with E-state index in [0.717, 1.165) is 6.42 Å². The molecule has 3 aliphatic heterocycles. The van der Waals surface area contributed by atoms with E-state index in [1.807, 2.05) is 20.8 Å². The van der Waals surface area contributed by atoms with Crippen LogP contribution in [0.15, 0.2) is 24.3 Å². The molecule has 186 valence electrons. The molecule has 3 aliphatic rings. The molecule has 2 bridgehead atoms. The molecule has 3 fully saturated rings. The lowest BCUT2D eigenvalue weighted by Crippen LogP contribution is -2.54. The first-order valence-corrected chi connectivity index (χ1v) is 12.5. The number of fused-ring (bicyclic) bond motifs is 1. The van der Waals surface area contributed by atoms with Gasteiger partial charge in [0.15, 0.2) is 0 Å². The van der Waals surface area contributed by atoms with Gasteiger partial charge in [0.2, 0.25) is 17.7 Å². The smallest absolute Gasteiger partial charge is 0.250 e. The second kappa shape index (κ2) is 9.47. The fraction of sp³-hybridized carbons (Fsp3) is 0.640. The van der Waals surface area contributed by atoms with Crippen LogP contribution in [0.3, 0.4) is 0 Å². The van der Waals surface area contributed by atoms with Crippen molar-refractivity contribution in [2.45, 2.75) is 63.7 Å². The van der Waals surface area contributed by atoms with E-state index in [4.69, 9.17) is 16.3 Å². The van der Waals surface area contributed by atoms with Crippen molar-refractivity contribution in [2.75, 3.05) is 25.0 Å². The zero-order valence-electron chi connectivity index (χ0n) is 20.0. The first-order chi connectivity index (χ1) is 16.2. The molecule has 1 spiro atoms. The van der Waals surface area contributed by atoms with E-state index < -0.39 is 29.1 Å². The van der Waals surface area contributed by atoms with E-state index in [9.17, 15) is 19.5 Å². The number of carbonyl (C=O) groups excluding carboxylic acids is 3. The summed E-state index contributed by atoms with van der Waals surface area (Å²) < 4.78 is 6.64. The second-order valence-corrected chi connectivity index (χ2v) is 10.4. The maximum atomic E-state index is 13.8. The van der Waals surface area contributed by atoms with E-state index in [1.165, 1.54) is 0 Å². The lowest BCUT2D eigenvalue weighted by atomic mass is 9.62. The molecule has 0 aromatic heterocycles. The van der Waals surface area contributed by atoms with Crippen LogP contribution in [-0.2, 0) is 19.1 Å². The van der Waals surface area contributed by atoms with Gasteiger partial charge in [0.05, 0.1) is 17.4 Å². The quantitative estimate of drug-likeness (QED) is 0.460. The first kappa shape index (κ1) is 24.9. The molecule has 6 atom stereocenters. The maximum Gasteiger partial charge on any atom is 0.250 e. The van der Waals surface area contributed by atoms with Gasteiger partial charge < -0.3 is 25.4 Å². The number of aliphatic hydroxyl groups is 1. The molecule has 9 heteroatoms. The predicted molar refractivity (Wildman–Crippen MR) is 128 cm³/mol. The lowest BCUT2D eigenvalue weighted by Gasteiger charge is -2.36. The Hall–Kier alpha value is -2.16. The van der Waals surface area contributed by atoms with Crippen LogP contribution in [0, 0.1) is 17.8 Å². The summed E-state index contributed by atoms with van der Waals surface area (Å²) in [5.74, 6) is -2.14. The number of rotatable bonds is 9. The summed E-state index contributed by atoms with van der Waals surface area (Å²) in [5, 5.41) is 15.7. The highest BCUT2D eigenvalue weighted by molar-refractivity contribution is 6.30. The van der Waals surface area contributed by atoms with E-state index in [-0.39, 0.29) is 30.2 Å². The van der Waals surface area contributed by atoms with E-state index in [2.05, 4.69) is 10.6 Å². The number of likely N-dealkylation sites (tertiary alicyclic amines) is 1. The first-order valence-electron chi connectivity index (χ1n) is 12.1. The van der Waals surface area contributed by atoms with Crippen LogP contribution in [0.2, 0.25) is 5.02 Å². The van der Waals surface area contributed by atoms with Crippen molar-refractivity contribution in [2.24, 2.45) is 17.8 Å². The third-order valence-electron chi connectivity index (χ3n) is 7.81. The number of benzene rings is 1. The molecule has 3 unspecified atom stereocenters. The normalized spacial score (nSPS) is 33.8. The fourth-order valence-corrected chi connectivity index (χ4v) is 6.30. The fourth-order valence-electron chi connectivity index (χ4n) is 6.18. The van der Waals surface area contributed by atoms with Crippen LogP contribution >= 0.6 is 11.6 Å². The molecule has 34 heavy (non-hydrogen) atoms. The van der Waals surface area contributed by atoms with Crippen molar-refractivity contribution in [3.8, 4) is 0 Å². The van der Waals surface area contributed by atoms with Gasteiger partial charge in [0.25, 0.3) is 0 Å². The number of anilines is 1. The summed E-state index contributed by atoms with van der Waals surface area (Å²) in [6, 6.07) is 5.92. The van der Waals surface area contributed by atoms with Crippen molar-refractivity contribution in [1.29, 1.82) is 0 Å². The zero-order valence-corrected chi connectivity index (χ0v) is 20.7. The van der Waals surface area contributed by atoms with Crippen LogP contribution in [-0.4, -0.2) is 64.7 Å². The van der Waals surface area contributed by atoms with Gasteiger partial charge >= 0.3 is 0 Å². The summed E-state index contributed by atoms with van der Waals surface area (Å²) in [7, 11) is 0. The summed E-state index contributed by atoms with van der Waals surface area (Å²) in [4.78, 5) is 42.4. The number of nitrogens with one attached hydrogen (secondary N) is 2. The Morgan fingerprint density at radius 2 is 1.94 bits per heavy atom. The number of halogens is 1. The monoisotopic (exact) mass is 491 g/mol. The van der Waals surface area contributed by atoms with Crippen LogP contribution in [0.1, 0.15) is 46.5 Å². The maximum absolute atomic E-state index is 13.8. The Bertz CT molecular complexity index is 956. The molecule has 1 aromatic rings. The van der Waals surface area contributed by atoms with Gasteiger partial charge in [-0.05, 0) is 62.8 Å². The number of hydrogen-bond acceptors (Lipinski definition) is 5. The molecular formula is C25H34ClN3O5. The van der Waals surface area contributed by atoms with E-state index in [1.54, 1.807) is 29.2 Å². The van der Waals surface area contributed by atoms with Crippen molar-refractivity contribution in [3.05, 3.63) is 29.3 Å². The molecule has 0 saturated carbocycles. The molecule has 1 aromatic carbocycles. The van der Waals surface area contributed by atoms with Crippen molar-refractivity contribution < 1.29 is 24.2 Å². The number of hydrogen-bond donors (Lipinski definition) is 3. The molecule has 8 nitrogen and oxygen atoms in total. The Morgan fingerprint density at radius 3 is 2.59 bits per heavy atom. The third kappa shape index (κ3) is 3.89. The van der Waals surface area contributed by atoms with Crippen LogP contribution in [0.4, 0.5) is 5.69 Å². The minimum absolute atomic E-state index is 0.00264. The largest absolute Gasteiger partial charge is 0.396 e. The van der Waals surface area contributed by atoms with Gasteiger partial charge in [-0.3, -0.25) is 14.4 Å². The van der Waals surface area contributed by atoms with Gasteiger partial charge in [-0.25, -0.2) is 0 Å². The van der Waals surface area contributed by atoms with Crippen molar-refractivity contribution in [3.63, 3.8) is 0 Å². The number of carbonyl (C=O) groups is 3. The number of ether oxygens (including phenoxy) is 1. The molecular weight excluding hydrogens is 458 g/mol. The van der Waals surface area contributed by atoms with Crippen molar-refractivity contribution >= 4 is 35.0 Å². The highest BCUT2D eigenvalue weighted by Gasteiger charge is 2.79. The summed E-state index contributed by atoms with van der Waals surface area (Å²) in [6.45, 7) is 6.75. The number of aliphatic hydroxyl groups excluding tert-OH is 1. The summed E-state index contributed by atoms with van der Waals surface area (Å²) >= 11 is 5.98. The van der Waals surface area contributed by atoms with E-state index >= 15 is 0 Å². The molecule has 3 amide bonds. The number of nitrogens with zero attached hydrogens (tertiary/aromatic N) is 1. The average Bonchev–Trinajstić information content (AvgIpc) is 3.31.